The highest BCUT2D eigenvalue weighted by molar-refractivity contribution is 5.88. The highest BCUT2D eigenvalue weighted by atomic mass is 19.1. The molecule has 0 bridgehead atoms. The maximum absolute atomic E-state index is 14.2. The summed E-state index contributed by atoms with van der Waals surface area (Å²) in [6, 6.07) is 20.0. The third-order valence-corrected chi connectivity index (χ3v) is 5.73. The molecule has 0 saturated carbocycles. The summed E-state index contributed by atoms with van der Waals surface area (Å²) in [6.07, 6.45) is 1.65. The molecule has 5 nitrogen and oxygen atoms in total. The Morgan fingerprint density at radius 2 is 1.79 bits per heavy atom. The van der Waals surface area contributed by atoms with Crippen LogP contribution in [0, 0.1) is 12.7 Å². The van der Waals surface area contributed by atoms with E-state index in [1.165, 1.54) is 12.1 Å². The van der Waals surface area contributed by atoms with Gasteiger partial charge in [0.1, 0.15) is 11.5 Å². The molecule has 0 amide bonds. The number of benzene rings is 3. The molecule has 0 aliphatic carbocycles. The molecule has 0 saturated heterocycles. The van der Waals surface area contributed by atoms with E-state index in [9.17, 15) is 9.18 Å². The van der Waals surface area contributed by atoms with Crippen LogP contribution >= 0.6 is 0 Å². The van der Waals surface area contributed by atoms with Crippen LogP contribution < -0.4 is 0 Å². The molecule has 1 N–H and O–H groups in total. The van der Waals surface area contributed by atoms with Crippen LogP contribution in [0.15, 0.2) is 71.3 Å². The molecule has 3 aromatic carbocycles. The van der Waals surface area contributed by atoms with Crippen LogP contribution in [-0.4, -0.2) is 29.9 Å². The van der Waals surface area contributed by atoms with Crippen LogP contribution in [-0.2, 0) is 11.2 Å². The number of rotatable bonds is 8. The van der Waals surface area contributed by atoms with Crippen molar-refractivity contribution in [1.29, 1.82) is 0 Å². The Morgan fingerprint density at radius 3 is 2.48 bits per heavy atom. The number of carboxylic acid groups (broad SMARTS) is 1. The van der Waals surface area contributed by atoms with E-state index in [-0.39, 0.29) is 5.56 Å². The monoisotopic (exact) mass is 445 g/mol. The normalized spacial score (nSPS) is 11.0. The van der Waals surface area contributed by atoms with Crippen molar-refractivity contribution in [1.82, 2.24) is 5.16 Å². The number of aromatic nitrogens is 1. The summed E-state index contributed by atoms with van der Waals surface area (Å²) >= 11 is 0. The molecule has 0 atom stereocenters. The van der Waals surface area contributed by atoms with Gasteiger partial charge in [0.2, 0.25) is 0 Å². The summed E-state index contributed by atoms with van der Waals surface area (Å²) in [5.41, 5.74) is 6.02. The number of methoxy groups -OCH3 is 1. The van der Waals surface area contributed by atoms with Crippen LogP contribution in [0.5, 0.6) is 0 Å². The van der Waals surface area contributed by atoms with Gasteiger partial charge in [-0.2, -0.15) is 0 Å². The Labute approximate surface area is 191 Å². The van der Waals surface area contributed by atoms with Gasteiger partial charge in [0, 0.05) is 30.9 Å². The lowest BCUT2D eigenvalue weighted by Crippen LogP contribution is -2.00. The Bertz CT molecular complexity index is 1280. The van der Waals surface area contributed by atoms with E-state index >= 15 is 0 Å². The van der Waals surface area contributed by atoms with Gasteiger partial charge in [0.15, 0.2) is 5.76 Å². The van der Waals surface area contributed by atoms with Crippen LogP contribution in [0.25, 0.3) is 33.7 Å². The van der Waals surface area contributed by atoms with Crippen LogP contribution in [0.2, 0.25) is 0 Å². The third-order valence-electron chi connectivity index (χ3n) is 5.73. The van der Waals surface area contributed by atoms with Crippen molar-refractivity contribution in [2.24, 2.45) is 0 Å². The molecule has 0 radical (unpaired) electrons. The lowest BCUT2D eigenvalue weighted by molar-refractivity contribution is 0.0692. The number of nitrogens with zero attached hydrogens (tertiary/aromatic N) is 1. The average Bonchev–Trinajstić information content (AvgIpc) is 3.30. The largest absolute Gasteiger partial charge is 0.478 e. The molecule has 4 aromatic rings. The van der Waals surface area contributed by atoms with Gasteiger partial charge in [0.25, 0.3) is 0 Å². The van der Waals surface area contributed by atoms with E-state index in [4.69, 9.17) is 14.4 Å². The van der Waals surface area contributed by atoms with Gasteiger partial charge in [-0.15, -0.1) is 0 Å². The number of aromatic carboxylic acids is 1. The molecule has 6 heteroatoms. The Balaban J connectivity index is 1.74. The molecule has 1 aromatic heterocycles. The molecular weight excluding hydrogens is 421 g/mol. The van der Waals surface area contributed by atoms with Crippen molar-refractivity contribution in [3.8, 4) is 33.7 Å². The number of hydrogen-bond acceptors (Lipinski definition) is 4. The first-order chi connectivity index (χ1) is 16.0. The smallest absolute Gasteiger partial charge is 0.338 e. The summed E-state index contributed by atoms with van der Waals surface area (Å²) in [4.78, 5) is 11.1. The van der Waals surface area contributed by atoms with E-state index in [0.29, 0.717) is 23.6 Å². The van der Waals surface area contributed by atoms with E-state index in [1.807, 2.05) is 24.3 Å². The fourth-order valence-corrected chi connectivity index (χ4v) is 4.02. The van der Waals surface area contributed by atoms with Gasteiger partial charge in [-0.1, -0.05) is 53.7 Å². The minimum absolute atomic E-state index is 0.380. The first kappa shape index (κ1) is 22.4. The highest BCUT2D eigenvalue weighted by Crippen LogP contribution is 2.35. The minimum atomic E-state index is -1.31. The summed E-state index contributed by atoms with van der Waals surface area (Å²) < 4.78 is 25.1. The van der Waals surface area contributed by atoms with Crippen molar-refractivity contribution in [2.75, 3.05) is 13.7 Å². The Hall–Kier alpha value is -3.77. The molecular formula is C27H24FNO4. The summed E-state index contributed by atoms with van der Waals surface area (Å²) in [6.45, 7) is 2.75. The number of hydrogen-bond donors (Lipinski definition) is 1. The van der Waals surface area contributed by atoms with Gasteiger partial charge in [0.05, 0.1) is 5.56 Å². The van der Waals surface area contributed by atoms with Crippen molar-refractivity contribution < 1.29 is 23.6 Å². The van der Waals surface area contributed by atoms with Crippen molar-refractivity contribution >= 4 is 5.97 Å². The first-order valence-electron chi connectivity index (χ1n) is 10.7. The molecule has 0 aliphatic heterocycles. The third kappa shape index (κ3) is 4.71. The fourth-order valence-electron chi connectivity index (χ4n) is 4.02. The maximum Gasteiger partial charge on any atom is 0.338 e. The van der Waals surface area contributed by atoms with E-state index in [1.54, 1.807) is 13.2 Å². The summed E-state index contributed by atoms with van der Waals surface area (Å²) in [5, 5.41) is 13.2. The Kier molecular flexibility index (Phi) is 6.66. The molecule has 168 valence electrons. The number of carboxylic acids is 1. The minimum Gasteiger partial charge on any atom is -0.478 e. The van der Waals surface area contributed by atoms with Gasteiger partial charge >= 0.3 is 5.97 Å². The second-order valence-electron chi connectivity index (χ2n) is 7.80. The predicted octanol–water partition coefficient (Wildman–Crippen LogP) is 6.40. The van der Waals surface area contributed by atoms with Crippen molar-refractivity contribution in [3.63, 3.8) is 0 Å². The first-order valence-corrected chi connectivity index (χ1v) is 10.7. The standard InChI is InChI=1S/C27H24FNO4/c1-17-20(18-7-4-3-5-8-18)12-13-22(21(17)9-6-14-32-2)26-16-25(29-33-26)19-10-11-23(27(30)31)24(28)15-19/h3-5,7-8,10-13,15-16H,6,9,14H2,1-2H3,(H,30,31). The van der Waals surface area contributed by atoms with E-state index < -0.39 is 11.8 Å². The quantitative estimate of drug-likeness (QED) is 0.318. The zero-order chi connectivity index (χ0) is 23.4. The molecule has 1 heterocycles. The molecule has 0 unspecified atom stereocenters. The summed E-state index contributed by atoms with van der Waals surface area (Å²) in [7, 11) is 1.69. The molecule has 4 rings (SSSR count). The van der Waals surface area contributed by atoms with Gasteiger partial charge in [-0.3, -0.25) is 0 Å². The average molecular weight is 445 g/mol. The molecule has 0 fully saturated rings. The van der Waals surface area contributed by atoms with Gasteiger partial charge in [-0.25, -0.2) is 9.18 Å². The molecule has 0 spiro atoms. The second-order valence-corrected chi connectivity index (χ2v) is 7.80. The van der Waals surface area contributed by atoms with Crippen LogP contribution in [0.1, 0.15) is 27.9 Å². The summed E-state index contributed by atoms with van der Waals surface area (Å²) in [5.74, 6) is -1.55. The van der Waals surface area contributed by atoms with E-state index in [2.05, 4.69) is 30.3 Å². The zero-order valence-corrected chi connectivity index (χ0v) is 18.5. The van der Waals surface area contributed by atoms with Crippen molar-refractivity contribution in [3.05, 3.63) is 89.2 Å². The fraction of sp³-hybridized carbons (Fsp3) is 0.185. The van der Waals surface area contributed by atoms with Crippen LogP contribution in [0.4, 0.5) is 4.39 Å². The van der Waals surface area contributed by atoms with Crippen molar-refractivity contribution in [2.45, 2.75) is 19.8 Å². The molecule has 33 heavy (non-hydrogen) atoms. The Morgan fingerprint density at radius 1 is 1.03 bits per heavy atom. The van der Waals surface area contributed by atoms with E-state index in [0.717, 1.165) is 46.7 Å². The van der Waals surface area contributed by atoms with Gasteiger partial charge < -0.3 is 14.4 Å². The topological polar surface area (TPSA) is 72.6 Å². The number of ether oxygens (including phenoxy) is 1. The SMILES string of the molecule is COCCCc1c(-c2cc(-c3ccc(C(=O)O)c(F)c3)no2)ccc(-c2ccccc2)c1C. The predicted molar refractivity (Wildman–Crippen MR) is 125 cm³/mol. The highest BCUT2D eigenvalue weighted by Gasteiger charge is 2.18. The lowest BCUT2D eigenvalue weighted by atomic mass is 9.89. The number of carbonyl (C=O) groups is 1. The second kappa shape index (κ2) is 9.79. The zero-order valence-electron chi connectivity index (χ0n) is 18.5. The molecule has 0 aliphatic rings. The lowest BCUT2D eigenvalue weighted by Gasteiger charge is -2.15. The maximum atomic E-state index is 14.2. The number of halogens is 1. The van der Waals surface area contributed by atoms with Gasteiger partial charge in [-0.05, 0) is 54.2 Å². The van der Waals surface area contributed by atoms with Crippen LogP contribution in [0.3, 0.4) is 0 Å².